The van der Waals surface area contributed by atoms with Gasteiger partial charge in [0.2, 0.25) is 0 Å². The molecule has 0 spiro atoms. The van der Waals surface area contributed by atoms with Crippen molar-refractivity contribution in [1.29, 1.82) is 0 Å². The van der Waals surface area contributed by atoms with E-state index in [1.165, 1.54) is 16.2 Å². The molecule has 0 bridgehead atoms. The smallest absolute Gasteiger partial charge is 0.303 e. The van der Waals surface area contributed by atoms with E-state index < -0.39 is 5.97 Å². The predicted octanol–water partition coefficient (Wildman–Crippen LogP) is 3.73. The maximum absolute atomic E-state index is 12.0. The van der Waals surface area contributed by atoms with Crippen LogP contribution in [0.5, 0.6) is 0 Å². The average molecular weight is 268 g/mol. The minimum atomic E-state index is -0.850. The summed E-state index contributed by atoms with van der Waals surface area (Å²) in [6.45, 7) is 8.13. The molecule has 3 nitrogen and oxygen atoms in total. The third-order valence-electron chi connectivity index (χ3n) is 2.68. The van der Waals surface area contributed by atoms with Gasteiger partial charge in [-0.15, -0.1) is 11.3 Å². The van der Waals surface area contributed by atoms with Crippen LogP contribution in [-0.2, 0) is 10.2 Å². The SMILES string of the molecule is CC(CC(=O)O)CC(=O)c1ccc(C(C)(C)C)s1. The van der Waals surface area contributed by atoms with Gasteiger partial charge in [-0.3, -0.25) is 9.59 Å². The normalized spacial score (nSPS) is 13.3. The molecule has 0 radical (unpaired) electrons. The van der Waals surface area contributed by atoms with Crippen molar-refractivity contribution in [2.45, 2.75) is 46.0 Å². The van der Waals surface area contributed by atoms with E-state index in [0.29, 0.717) is 6.42 Å². The van der Waals surface area contributed by atoms with Gasteiger partial charge in [0.25, 0.3) is 0 Å². The fraction of sp³-hybridized carbons (Fsp3) is 0.571. The van der Waals surface area contributed by atoms with Gasteiger partial charge in [0.1, 0.15) is 0 Å². The molecule has 1 aromatic rings. The van der Waals surface area contributed by atoms with Gasteiger partial charge in [0, 0.05) is 17.7 Å². The summed E-state index contributed by atoms with van der Waals surface area (Å²) in [5.41, 5.74) is 0.0515. The lowest BCUT2D eigenvalue weighted by molar-refractivity contribution is -0.137. The highest BCUT2D eigenvalue weighted by molar-refractivity contribution is 7.14. The number of ketones is 1. The van der Waals surface area contributed by atoms with E-state index in [9.17, 15) is 9.59 Å². The number of carboxylic acids is 1. The topological polar surface area (TPSA) is 54.4 Å². The highest BCUT2D eigenvalue weighted by atomic mass is 32.1. The van der Waals surface area contributed by atoms with Gasteiger partial charge in [-0.25, -0.2) is 0 Å². The van der Waals surface area contributed by atoms with Crippen LogP contribution in [0.2, 0.25) is 0 Å². The predicted molar refractivity (Wildman–Crippen MR) is 73.4 cm³/mol. The molecule has 1 heterocycles. The summed E-state index contributed by atoms with van der Waals surface area (Å²) in [5.74, 6) is -0.920. The lowest BCUT2D eigenvalue weighted by Crippen LogP contribution is -2.10. The van der Waals surface area contributed by atoms with Crippen molar-refractivity contribution in [2.75, 3.05) is 0 Å². The molecule has 1 aromatic heterocycles. The molecular weight excluding hydrogens is 248 g/mol. The number of aliphatic carboxylic acids is 1. The van der Waals surface area contributed by atoms with E-state index in [0.717, 1.165) is 4.88 Å². The second-order valence-corrected chi connectivity index (χ2v) is 6.83. The minimum Gasteiger partial charge on any atom is -0.481 e. The molecule has 0 aliphatic rings. The first-order valence-corrected chi connectivity index (χ1v) is 6.87. The lowest BCUT2D eigenvalue weighted by atomic mass is 9.95. The average Bonchev–Trinajstić information content (AvgIpc) is 2.63. The van der Waals surface area contributed by atoms with Gasteiger partial charge in [0.15, 0.2) is 5.78 Å². The third kappa shape index (κ3) is 4.26. The highest BCUT2D eigenvalue weighted by Crippen LogP contribution is 2.30. The van der Waals surface area contributed by atoms with Crippen LogP contribution in [0.25, 0.3) is 0 Å². The maximum atomic E-state index is 12.0. The Hall–Kier alpha value is -1.16. The van der Waals surface area contributed by atoms with E-state index in [1.54, 1.807) is 6.92 Å². The number of carboxylic acid groups (broad SMARTS) is 1. The zero-order valence-electron chi connectivity index (χ0n) is 11.3. The molecule has 0 aliphatic carbocycles. The van der Waals surface area contributed by atoms with Gasteiger partial charge in [-0.1, -0.05) is 27.7 Å². The van der Waals surface area contributed by atoms with Crippen LogP contribution in [-0.4, -0.2) is 16.9 Å². The van der Waals surface area contributed by atoms with Crippen molar-refractivity contribution in [3.8, 4) is 0 Å². The molecule has 18 heavy (non-hydrogen) atoms. The van der Waals surface area contributed by atoms with Gasteiger partial charge in [0.05, 0.1) is 4.88 Å². The van der Waals surface area contributed by atoms with Crippen LogP contribution in [0.4, 0.5) is 0 Å². The second kappa shape index (κ2) is 5.65. The summed E-state index contributed by atoms with van der Waals surface area (Å²) >= 11 is 1.51. The summed E-state index contributed by atoms with van der Waals surface area (Å²) in [5, 5.41) is 8.67. The molecule has 4 heteroatoms. The molecule has 1 rings (SSSR count). The van der Waals surface area contributed by atoms with Crippen molar-refractivity contribution in [3.63, 3.8) is 0 Å². The number of rotatable bonds is 5. The van der Waals surface area contributed by atoms with Crippen LogP contribution in [0, 0.1) is 5.92 Å². The molecule has 0 aliphatic heterocycles. The first kappa shape index (κ1) is 14.9. The monoisotopic (exact) mass is 268 g/mol. The van der Waals surface area contributed by atoms with Crippen molar-refractivity contribution in [3.05, 3.63) is 21.9 Å². The van der Waals surface area contributed by atoms with Crippen molar-refractivity contribution >= 4 is 23.1 Å². The number of thiophene rings is 1. The summed E-state index contributed by atoms with van der Waals surface area (Å²) in [4.78, 5) is 24.5. The molecule has 0 fully saturated rings. The summed E-state index contributed by atoms with van der Waals surface area (Å²) in [7, 11) is 0. The molecule has 100 valence electrons. The Morgan fingerprint density at radius 2 is 1.89 bits per heavy atom. The summed E-state index contributed by atoms with van der Waals surface area (Å²) in [6.07, 6.45) is 0.347. The largest absolute Gasteiger partial charge is 0.481 e. The van der Waals surface area contributed by atoms with E-state index in [2.05, 4.69) is 20.8 Å². The van der Waals surface area contributed by atoms with Gasteiger partial charge >= 0.3 is 5.97 Å². The standard InChI is InChI=1S/C14H20O3S/c1-9(8-13(16)17)7-10(15)11-5-6-12(18-11)14(2,3)4/h5-6,9H,7-8H2,1-4H3,(H,16,17). The quantitative estimate of drug-likeness (QED) is 0.828. The van der Waals surface area contributed by atoms with E-state index in [-0.39, 0.29) is 23.5 Å². The molecule has 0 saturated heterocycles. The Morgan fingerprint density at radius 3 is 2.33 bits per heavy atom. The van der Waals surface area contributed by atoms with Crippen LogP contribution >= 0.6 is 11.3 Å². The number of hydrogen-bond donors (Lipinski definition) is 1. The second-order valence-electron chi connectivity index (χ2n) is 5.74. The Bertz CT molecular complexity index is 440. The molecule has 0 saturated carbocycles. The number of carbonyl (C=O) groups excluding carboxylic acids is 1. The summed E-state index contributed by atoms with van der Waals surface area (Å²) < 4.78 is 0. The Labute approximate surface area is 112 Å². The molecule has 1 atom stereocenters. The molecular formula is C14H20O3S. The fourth-order valence-electron chi connectivity index (χ4n) is 1.68. The Kier molecular flexibility index (Phi) is 4.68. The van der Waals surface area contributed by atoms with Gasteiger partial charge in [-0.2, -0.15) is 0 Å². The molecule has 0 amide bonds. The van der Waals surface area contributed by atoms with Crippen LogP contribution in [0.1, 0.15) is 55.1 Å². The molecule has 1 unspecified atom stereocenters. The number of carbonyl (C=O) groups is 2. The lowest BCUT2D eigenvalue weighted by Gasteiger charge is -2.15. The number of Topliss-reactive ketones (excluding diaryl/α,β-unsaturated/α-hetero) is 1. The van der Waals surface area contributed by atoms with E-state index >= 15 is 0 Å². The van der Waals surface area contributed by atoms with Crippen LogP contribution < -0.4 is 0 Å². The van der Waals surface area contributed by atoms with Crippen LogP contribution in [0.15, 0.2) is 12.1 Å². The van der Waals surface area contributed by atoms with Gasteiger partial charge in [-0.05, 0) is 23.5 Å². The number of hydrogen-bond acceptors (Lipinski definition) is 3. The maximum Gasteiger partial charge on any atom is 0.303 e. The van der Waals surface area contributed by atoms with Gasteiger partial charge < -0.3 is 5.11 Å². The zero-order chi connectivity index (χ0) is 13.9. The van der Waals surface area contributed by atoms with Crippen molar-refractivity contribution in [1.82, 2.24) is 0 Å². The Balaban J connectivity index is 2.68. The van der Waals surface area contributed by atoms with E-state index in [4.69, 9.17) is 5.11 Å². The first-order valence-electron chi connectivity index (χ1n) is 6.05. The van der Waals surface area contributed by atoms with Crippen molar-refractivity contribution in [2.24, 2.45) is 5.92 Å². The summed E-state index contributed by atoms with van der Waals surface area (Å²) in [6, 6.07) is 3.83. The Morgan fingerprint density at radius 1 is 1.28 bits per heavy atom. The molecule has 1 N–H and O–H groups in total. The minimum absolute atomic E-state index is 0.0449. The van der Waals surface area contributed by atoms with Crippen LogP contribution in [0.3, 0.4) is 0 Å². The molecule has 0 aromatic carbocycles. The third-order valence-corrected chi connectivity index (χ3v) is 4.23. The first-order chi connectivity index (χ1) is 8.20. The zero-order valence-corrected chi connectivity index (χ0v) is 12.1. The van der Waals surface area contributed by atoms with Crippen molar-refractivity contribution < 1.29 is 14.7 Å². The fourth-order valence-corrected chi connectivity index (χ4v) is 2.69. The van der Waals surface area contributed by atoms with E-state index in [1.807, 2.05) is 12.1 Å². The highest BCUT2D eigenvalue weighted by Gasteiger charge is 2.20.